The number of pyridine rings is 2. The molecule has 4 heterocycles. The molecule has 5 heteroatoms. The van der Waals surface area contributed by atoms with Crippen LogP contribution < -0.4 is 5.32 Å². The third-order valence-corrected chi connectivity index (χ3v) is 5.21. The Morgan fingerprint density at radius 2 is 2.04 bits per heavy atom. The van der Waals surface area contributed by atoms with Crippen LogP contribution in [0.3, 0.4) is 0 Å². The molecular weight excluding hydrogens is 348 g/mol. The van der Waals surface area contributed by atoms with Gasteiger partial charge in [0.1, 0.15) is 0 Å². The number of nitrogens with zero attached hydrogens (tertiary/aromatic N) is 2. The first-order valence-corrected chi connectivity index (χ1v) is 10.0. The monoisotopic (exact) mass is 374 g/mol. The fourth-order valence-corrected chi connectivity index (χ4v) is 3.68. The lowest BCUT2D eigenvalue weighted by atomic mass is 10.0. The Morgan fingerprint density at radius 3 is 2.86 bits per heavy atom. The van der Waals surface area contributed by atoms with Crippen molar-refractivity contribution in [1.82, 2.24) is 20.3 Å². The Hall–Kier alpha value is -2.95. The molecule has 0 atom stereocenters. The van der Waals surface area contributed by atoms with Crippen LogP contribution in [0, 0.1) is 5.92 Å². The van der Waals surface area contributed by atoms with Crippen LogP contribution in [-0.2, 0) is 12.8 Å². The maximum atomic E-state index is 12.0. The number of amides is 1. The average Bonchev–Trinajstić information content (AvgIpc) is 3.14. The lowest BCUT2D eigenvalue weighted by Gasteiger charge is -2.11. The number of aryl methyl sites for hydroxylation is 1. The number of hydrogen-bond acceptors (Lipinski definition) is 3. The molecule has 4 rings (SSSR count). The van der Waals surface area contributed by atoms with Crippen LogP contribution in [0.5, 0.6) is 0 Å². The fourth-order valence-electron chi connectivity index (χ4n) is 3.68. The lowest BCUT2D eigenvalue weighted by molar-refractivity contribution is 0.0946. The van der Waals surface area contributed by atoms with Gasteiger partial charge in [0.05, 0.1) is 11.3 Å². The summed E-state index contributed by atoms with van der Waals surface area (Å²) in [6, 6.07) is 8.15. The second-order valence-corrected chi connectivity index (χ2v) is 7.88. The van der Waals surface area contributed by atoms with Gasteiger partial charge in [-0.1, -0.05) is 20.3 Å². The molecular formula is C23H26N4O. The van der Waals surface area contributed by atoms with Crippen molar-refractivity contribution in [1.29, 1.82) is 0 Å². The van der Waals surface area contributed by atoms with E-state index in [0.717, 1.165) is 52.5 Å². The summed E-state index contributed by atoms with van der Waals surface area (Å²) >= 11 is 0. The molecule has 0 saturated heterocycles. The molecule has 3 aromatic heterocycles. The zero-order valence-electron chi connectivity index (χ0n) is 16.5. The van der Waals surface area contributed by atoms with Crippen molar-refractivity contribution in [3.63, 3.8) is 0 Å². The predicted octanol–water partition coefficient (Wildman–Crippen LogP) is 4.40. The number of aromatic nitrogens is 3. The molecule has 144 valence electrons. The van der Waals surface area contributed by atoms with Crippen molar-refractivity contribution in [3.05, 3.63) is 59.7 Å². The molecule has 0 saturated carbocycles. The zero-order valence-corrected chi connectivity index (χ0v) is 16.5. The molecule has 0 aromatic carbocycles. The second kappa shape index (κ2) is 7.97. The fraction of sp³-hybridized carbons (Fsp3) is 0.348. The Labute approximate surface area is 165 Å². The third-order valence-electron chi connectivity index (χ3n) is 5.21. The molecule has 3 aromatic rings. The molecule has 0 radical (unpaired) electrons. The second-order valence-electron chi connectivity index (χ2n) is 7.88. The molecule has 0 aliphatic carbocycles. The summed E-state index contributed by atoms with van der Waals surface area (Å²) in [5.74, 6) is 0.722. The number of H-pyrrole nitrogens is 1. The number of aromatic amines is 1. The van der Waals surface area contributed by atoms with E-state index in [1.165, 1.54) is 18.4 Å². The standard InChI is InChI=1S/C23H26N4O/c1-15(2)4-3-5-16-10-18(14-24-13-16)21-11-17(6-8-25-21)22-12-19-20(27-22)7-9-26-23(19)28/h6,8,10-15,27H,3-5,7,9H2,1-2H3,(H,26,28). The van der Waals surface area contributed by atoms with E-state index in [4.69, 9.17) is 0 Å². The van der Waals surface area contributed by atoms with Gasteiger partial charge in [-0.25, -0.2) is 0 Å². The first-order chi connectivity index (χ1) is 13.6. The summed E-state index contributed by atoms with van der Waals surface area (Å²) in [7, 11) is 0. The third kappa shape index (κ3) is 3.98. The van der Waals surface area contributed by atoms with Gasteiger partial charge in [-0.3, -0.25) is 14.8 Å². The zero-order chi connectivity index (χ0) is 19.5. The number of nitrogens with one attached hydrogen (secondary N) is 2. The molecule has 0 unspecified atom stereocenters. The average molecular weight is 374 g/mol. The summed E-state index contributed by atoms with van der Waals surface area (Å²) in [4.78, 5) is 24.4. The number of carbonyl (C=O) groups excluding carboxylic acids is 1. The van der Waals surface area contributed by atoms with Crippen LogP contribution in [0.15, 0.2) is 42.9 Å². The molecule has 2 N–H and O–H groups in total. The van der Waals surface area contributed by atoms with Crippen molar-refractivity contribution in [2.45, 2.75) is 39.5 Å². The summed E-state index contributed by atoms with van der Waals surface area (Å²) in [5, 5.41) is 2.89. The maximum Gasteiger partial charge on any atom is 0.253 e. The topological polar surface area (TPSA) is 70.7 Å². The molecule has 0 fully saturated rings. The van der Waals surface area contributed by atoms with Crippen LogP contribution in [0.2, 0.25) is 0 Å². The SMILES string of the molecule is CC(C)CCCc1cncc(-c2cc(-c3cc4c([nH]3)CCNC4=O)ccn2)c1. The molecule has 0 bridgehead atoms. The summed E-state index contributed by atoms with van der Waals surface area (Å²) in [6.07, 6.45) is 9.90. The number of fused-ring (bicyclic) bond motifs is 1. The van der Waals surface area contributed by atoms with E-state index in [0.29, 0.717) is 6.54 Å². The maximum absolute atomic E-state index is 12.0. The van der Waals surface area contributed by atoms with Crippen LogP contribution >= 0.6 is 0 Å². The van der Waals surface area contributed by atoms with Gasteiger partial charge >= 0.3 is 0 Å². The normalized spacial score (nSPS) is 13.5. The predicted molar refractivity (Wildman–Crippen MR) is 111 cm³/mol. The van der Waals surface area contributed by atoms with Crippen LogP contribution in [0.1, 0.15) is 48.3 Å². The van der Waals surface area contributed by atoms with Gasteiger partial charge in [0, 0.05) is 54.1 Å². The Balaban J connectivity index is 1.58. The van der Waals surface area contributed by atoms with Gasteiger partial charge in [0.2, 0.25) is 0 Å². The molecule has 1 amide bonds. The summed E-state index contributed by atoms with van der Waals surface area (Å²) in [5.41, 5.74) is 6.89. The quantitative estimate of drug-likeness (QED) is 0.672. The first-order valence-electron chi connectivity index (χ1n) is 10.0. The van der Waals surface area contributed by atoms with Crippen molar-refractivity contribution in [3.8, 4) is 22.5 Å². The Bertz CT molecular complexity index is 990. The number of hydrogen-bond donors (Lipinski definition) is 2. The number of rotatable bonds is 6. The van der Waals surface area contributed by atoms with E-state index in [9.17, 15) is 4.79 Å². The van der Waals surface area contributed by atoms with Gasteiger partial charge in [0.15, 0.2) is 0 Å². The van der Waals surface area contributed by atoms with Gasteiger partial charge in [-0.15, -0.1) is 0 Å². The lowest BCUT2D eigenvalue weighted by Crippen LogP contribution is -2.31. The minimum Gasteiger partial charge on any atom is -0.358 e. The highest BCUT2D eigenvalue weighted by Gasteiger charge is 2.20. The van der Waals surface area contributed by atoms with Gasteiger partial charge in [0.25, 0.3) is 5.91 Å². The van der Waals surface area contributed by atoms with Crippen molar-refractivity contribution >= 4 is 5.91 Å². The van der Waals surface area contributed by atoms with Crippen molar-refractivity contribution in [2.24, 2.45) is 5.92 Å². The van der Waals surface area contributed by atoms with Crippen molar-refractivity contribution < 1.29 is 4.79 Å². The highest BCUT2D eigenvalue weighted by atomic mass is 16.1. The van der Waals surface area contributed by atoms with E-state index in [1.807, 2.05) is 30.7 Å². The molecule has 0 spiro atoms. The van der Waals surface area contributed by atoms with Gasteiger partial charge in [-0.2, -0.15) is 0 Å². The van der Waals surface area contributed by atoms with Gasteiger partial charge < -0.3 is 10.3 Å². The van der Waals surface area contributed by atoms with Crippen molar-refractivity contribution in [2.75, 3.05) is 6.54 Å². The highest BCUT2D eigenvalue weighted by Crippen LogP contribution is 2.27. The highest BCUT2D eigenvalue weighted by molar-refractivity contribution is 5.97. The minimum atomic E-state index is -0.00340. The van der Waals surface area contributed by atoms with Gasteiger partial charge in [-0.05, 0) is 48.6 Å². The van der Waals surface area contributed by atoms with Crippen LogP contribution in [0.4, 0.5) is 0 Å². The largest absolute Gasteiger partial charge is 0.358 e. The molecule has 1 aliphatic rings. The van der Waals surface area contributed by atoms with E-state index < -0.39 is 0 Å². The summed E-state index contributed by atoms with van der Waals surface area (Å²) in [6.45, 7) is 5.20. The van der Waals surface area contributed by atoms with E-state index in [-0.39, 0.29) is 5.91 Å². The van der Waals surface area contributed by atoms with E-state index >= 15 is 0 Å². The Morgan fingerprint density at radius 1 is 1.14 bits per heavy atom. The van der Waals surface area contributed by atoms with E-state index in [1.54, 1.807) is 0 Å². The first kappa shape index (κ1) is 18.4. The Kier molecular flexibility index (Phi) is 5.24. The molecule has 1 aliphatic heterocycles. The summed E-state index contributed by atoms with van der Waals surface area (Å²) < 4.78 is 0. The van der Waals surface area contributed by atoms with E-state index in [2.05, 4.69) is 46.2 Å². The molecule has 5 nitrogen and oxygen atoms in total. The molecule has 28 heavy (non-hydrogen) atoms. The minimum absolute atomic E-state index is 0.00340. The number of carbonyl (C=O) groups is 1. The smallest absolute Gasteiger partial charge is 0.253 e. The van der Waals surface area contributed by atoms with Crippen LogP contribution in [-0.4, -0.2) is 27.4 Å². The van der Waals surface area contributed by atoms with Crippen LogP contribution in [0.25, 0.3) is 22.5 Å².